The highest BCUT2D eigenvalue weighted by Gasteiger charge is 2.55. The van der Waals surface area contributed by atoms with E-state index in [9.17, 15) is 10.0 Å². The number of nitrogens with zero attached hydrogens (tertiary/aromatic N) is 2. The number of phenolic OH excluding ortho intramolecular Hbond substituents is 1. The Bertz CT molecular complexity index is 1020. The minimum Gasteiger partial charge on any atom is -0.504 e. The molecule has 7 nitrogen and oxygen atoms in total. The second-order valence-electron chi connectivity index (χ2n) is 9.10. The molecule has 1 aromatic carbocycles. The third-order valence-electron chi connectivity index (χ3n) is 7.71. The van der Waals surface area contributed by atoms with Gasteiger partial charge in [-0.05, 0) is 72.6 Å². The molecule has 31 heavy (non-hydrogen) atoms. The molecule has 1 aromatic heterocycles. The number of hydrogen-bond acceptors (Lipinski definition) is 7. The molecule has 162 valence electrons. The number of methoxy groups -OCH3 is 1. The maximum absolute atomic E-state index is 11.5. The Labute approximate surface area is 181 Å². The molecule has 0 amide bonds. The number of pyridine rings is 1. The quantitative estimate of drug-likeness (QED) is 0.533. The Morgan fingerprint density at radius 3 is 2.87 bits per heavy atom. The number of nitrogens with one attached hydrogen (secondary N) is 1. The van der Waals surface area contributed by atoms with Gasteiger partial charge in [0.1, 0.15) is 0 Å². The third-order valence-corrected chi connectivity index (χ3v) is 7.71. The number of nitroso groups, excluding NO2 is 1. The Morgan fingerprint density at radius 1 is 1.26 bits per heavy atom. The Kier molecular flexibility index (Phi) is 4.84. The second-order valence-corrected chi connectivity index (χ2v) is 9.10. The normalized spacial score (nSPS) is 31.0. The van der Waals surface area contributed by atoms with Crippen LogP contribution in [0.5, 0.6) is 17.4 Å². The second kappa shape index (κ2) is 7.55. The molecule has 1 unspecified atom stereocenters. The summed E-state index contributed by atoms with van der Waals surface area (Å²) < 4.78 is 5.41. The fraction of sp³-hybridized carbons (Fsp3) is 0.458. The van der Waals surface area contributed by atoms with E-state index in [4.69, 9.17) is 9.57 Å². The average Bonchev–Trinajstić information content (AvgIpc) is 3.14. The van der Waals surface area contributed by atoms with Crippen LogP contribution in [-0.2, 0) is 0 Å². The highest BCUT2D eigenvalue weighted by Crippen LogP contribution is 2.61. The first-order chi connectivity index (χ1) is 15.0. The molecule has 5 atom stereocenters. The van der Waals surface area contributed by atoms with Gasteiger partial charge in [0.25, 0.3) is 0 Å². The van der Waals surface area contributed by atoms with Crippen LogP contribution in [0, 0.1) is 22.2 Å². The van der Waals surface area contributed by atoms with Gasteiger partial charge in [-0.2, -0.15) is 4.91 Å². The van der Waals surface area contributed by atoms with Gasteiger partial charge in [0.15, 0.2) is 11.5 Å². The molecule has 0 saturated heterocycles. The largest absolute Gasteiger partial charge is 0.504 e. The average molecular weight is 421 g/mol. The number of rotatable bonds is 5. The topological polar surface area (TPSA) is 93.0 Å². The van der Waals surface area contributed by atoms with Crippen molar-refractivity contribution in [2.45, 2.75) is 44.6 Å². The molecule has 3 aliphatic carbocycles. The number of allylic oxidation sites excluding steroid dienone is 1. The zero-order valence-corrected chi connectivity index (χ0v) is 17.7. The molecule has 0 bridgehead atoms. The maximum atomic E-state index is 11.5. The highest BCUT2D eigenvalue weighted by atomic mass is 16.7. The summed E-state index contributed by atoms with van der Waals surface area (Å²) in [6.07, 6.45) is 7.67. The van der Waals surface area contributed by atoms with Gasteiger partial charge in [-0.15, -0.1) is 0 Å². The first-order valence-corrected chi connectivity index (χ1v) is 10.8. The first-order valence-electron chi connectivity index (χ1n) is 10.8. The number of phenols is 1. The van der Waals surface area contributed by atoms with E-state index in [1.807, 2.05) is 18.2 Å². The number of ether oxygens (including phenoxy) is 1. The zero-order chi connectivity index (χ0) is 21.6. The summed E-state index contributed by atoms with van der Waals surface area (Å²) in [4.78, 5) is 21.5. The molecule has 0 aliphatic heterocycles. The van der Waals surface area contributed by atoms with Crippen molar-refractivity contribution in [3.8, 4) is 17.4 Å². The molecular weight excluding hydrogens is 394 g/mol. The van der Waals surface area contributed by atoms with Crippen LogP contribution in [0.2, 0.25) is 0 Å². The molecular formula is C24H27N3O4. The van der Waals surface area contributed by atoms with Crippen LogP contribution in [0.4, 0.5) is 0 Å². The SMILES string of the molecule is COc1cc2c(cc1O)C(NOc1ccccn1)=C[C@@H]1[C@@H]2CC[C@]2(C)C(N=O)CC[C@@H]12. The van der Waals surface area contributed by atoms with E-state index in [2.05, 4.69) is 28.6 Å². The van der Waals surface area contributed by atoms with Gasteiger partial charge < -0.3 is 14.7 Å². The van der Waals surface area contributed by atoms with Crippen LogP contribution >= 0.6 is 0 Å². The lowest BCUT2D eigenvalue weighted by Crippen LogP contribution is -2.43. The van der Waals surface area contributed by atoms with Crippen molar-refractivity contribution in [1.29, 1.82) is 0 Å². The van der Waals surface area contributed by atoms with Gasteiger partial charge >= 0.3 is 0 Å². The van der Waals surface area contributed by atoms with Gasteiger partial charge in [0.05, 0.1) is 18.8 Å². The predicted octanol–water partition coefficient (Wildman–Crippen LogP) is 4.78. The van der Waals surface area contributed by atoms with Crippen molar-refractivity contribution < 1.29 is 14.7 Å². The van der Waals surface area contributed by atoms with Gasteiger partial charge in [-0.25, -0.2) is 10.5 Å². The van der Waals surface area contributed by atoms with E-state index in [0.29, 0.717) is 23.5 Å². The molecule has 0 spiro atoms. The van der Waals surface area contributed by atoms with Crippen LogP contribution in [-0.4, -0.2) is 23.2 Å². The molecule has 2 fully saturated rings. The standard InChI is InChI=1S/C24H27N3O4/c1-24-9-8-14-15-13-21(30-2)20(28)12-17(15)19(27-31-23-5-3-4-10-25-23)11-16(14)18(24)6-7-22(24)26-29/h3-5,10-14,16,18,22,27-28H,6-9H2,1-2H3/t14-,16-,18+,22?,24+/m1/s1. The van der Waals surface area contributed by atoms with Crippen molar-refractivity contribution in [3.05, 3.63) is 58.6 Å². The van der Waals surface area contributed by atoms with Crippen LogP contribution in [0.1, 0.15) is 49.7 Å². The van der Waals surface area contributed by atoms with Gasteiger partial charge in [-0.3, -0.25) is 0 Å². The number of aromatic hydroxyl groups is 1. The molecule has 3 aliphatic rings. The highest BCUT2D eigenvalue weighted by molar-refractivity contribution is 5.73. The van der Waals surface area contributed by atoms with E-state index >= 15 is 0 Å². The molecule has 5 rings (SSSR count). The summed E-state index contributed by atoms with van der Waals surface area (Å²) >= 11 is 0. The predicted molar refractivity (Wildman–Crippen MR) is 117 cm³/mol. The summed E-state index contributed by atoms with van der Waals surface area (Å²) in [5.74, 6) is 1.95. The van der Waals surface area contributed by atoms with E-state index in [1.54, 1.807) is 25.4 Å². The Morgan fingerprint density at radius 2 is 2.13 bits per heavy atom. The van der Waals surface area contributed by atoms with E-state index in [-0.39, 0.29) is 23.1 Å². The molecule has 2 saturated carbocycles. The van der Waals surface area contributed by atoms with Crippen LogP contribution < -0.4 is 15.1 Å². The van der Waals surface area contributed by atoms with Gasteiger partial charge in [-0.1, -0.05) is 24.2 Å². The maximum Gasteiger partial charge on any atom is 0.245 e. The van der Waals surface area contributed by atoms with Gasteiger partial charge in [0.2, 0.25) is 5.88 Å². The lowest BCUT2D eigenvalue weighted by molar-refractivity contribution is 0.0805. The van der Waals surface area contributed by atoms with E-state index in [0.717, 1.165) is 42.5 Å². The fourth-order valence-corrected chi connectivity index (χ4v) is 6.11. The van der Waals surface area contributed by atoms with Crippen molar-refractivity contribution >= 4 is 5.70 Å². The van der Waals surface area contributed by atoms with Crippen molar-refractivity contribution in [2.24, 2.45) is 22.4 Å². The zero-order valence-electron chi connectivity index (χ0n) is 17.7. The molecule has 2 aromatic rings. The molecule has 1 heterocycles. The molecule has 2 N–H and O–H groups in total. The van der Waals surface area contributed by atoms with Crippen molar-refractivity contribution in [3.63, 3.8) is 0 Å². The number of fused-ring (bicyclic) bond motifs is 5. The number of hydroxylamine groups is 1. The van der Waals surface area contributed by atoms with Crippen molar-refractivity contribution in [2.75, 3.05) is 7.11 Å². The van der Waals surface area contributed by atoms with Gasteiger partial charge in [0, 0.05) is 17.8 Å². The van der Waals surface area contributed by atoms with Crippen LogP contribution in [0.15, 0.2) is 47.8 Å². The number of aromatic nitrogens is 1. The van der Waals surface area contributed by atoms with Crippen molar-refractivity contribution in [1.82, 2.24) is 10.5 Å². The Hall–Kier alpha value is -3.09. The third kappa shape index (κ3) is 3.14. The molecule has 0 radical (unpaired) electrons. The van der Waals surface area contributed by atoms with Crippen LogP contribution in [0.25, 0.3) is 5.70 Å². The molecule has 7 heteroatoms. The lowest BCUT2D eigenvalue weighted by atomic mass is 9.56. The number of benzene rings is 1. The monoisotopic (exact) mass is 421 g/mol. The van der Waals surface area contributed by atoms with E-state index < -0.39 is 0 Å². The summed E-state index contributed by atoms with van der Waals surface area (Å²) in [5, 5.41) is 13.9. The minimum atomic E-state index is -0.122. The summed E-state index contributed by atoms with van der Waals surface area (Å²) in [6.45, 7) is 2.23. The Balaban J connectivity index is 1.55. The fourth-order valence-electron chi connectivity index (χ4n) is 6.11. The number of hydrogen-bond donors (Lipinski definition) is 2. The minimum absolute atomic E-state index is 0.0785. The van der Waals surface area contributed by atoms with E-state index in [1.165, 1.54) is 0 Å². The first kappa shape index (κ1) is 19.8. The lowest BCUT2D eigenvalue weighted by Gasteiger charge is -2.48. The van der Waals surface area contributed by atoms with Crippen LogP contribution in [0.3, 0.4) is 0 Å². The summed E-state index contributed by atoms with van der Waals surface area (Å²) in [5.41, 5.74) is 5.83. The smallest absolute Gasteiger partial charge is 0.245 e. The summed E-state index contributed by atoms with van der Waals surface area (Å²) in [6, 6.07) is 9.03. The summed E-state index contributed by atoms with van der Waals surface area (Å²) in [7, 11) is 1.57.